The van der Waals surface area contributed by atoms with Gasteiger partial charge in [-0.25, -0.2) is 4.68 Å². The van der Waals surface area contributed by atoms with Crippen molar-refractivity contribution in [1.82, 2.24) is 20.2 Å². The molecule has 0 fully saturated rings. The summed E-state index contributed by atoms with van der Waals surface area (Å²) in [5.41, 5.74) is -0.331. The number of aromatic nitrogens is 3. The Balaban J connectivity index is 2.69. The van der Waals surface area contributed by atoms with E-state index in [1.54, 1.807) is 0 Å². The molecular formula is C11H18F3N5OS. The third-order valence-corrected chi connectivity index (χ3v) is 3.51. The van der Waals surface area contributed by atoms with Crippen LogP contribution in [0.2, 0.25) is 0 Å². The summed E-state index contributed by atoms with van der Waals surface area (Å²) in [5, 5.41) is 9.12. The third kappa shape index (κ3) is 5.10. The standard InChI is InChI=1S/C11H18F3N5OS/c1-6(7(20)16-5-11(12,13)14)21-9-18-17-8(19(9)15)10(2,3)4/h6H,5,15H2,1-4H3,(H,16,20). The molecule has 21 heavy (non-hydrogen) atoms. The van der Waals surface area contributed by atoms with Crippen molar-refractivity contribution < 1.29 is 18.0 Å². The van der Waals surface area contributed by atoms with Crippen LogP contribution in [-0.4, -0.2) is 38.8 Å². The Morgan fingerprint density at radius 2 is 1.95 bits per heavy atom. The van der Waals surface area contributed by atoms with Gasteiger partial charge in [0, 0.05) is 5.41 Å². The molecule has 6 nitrogen and oxygen atoms in total. The van der Waals surface area contributed by atoms with E-state index in [2.05, 4.69) is 10.2 Å². The van der Waals surface area contributed by atoms with Crippen LogP contribution in [0, 0.1) is 0 Å². The Kier molecular flexibility index (Phi) is 5.13. The van der Waals surface area contributed by atoms with Gasteiger partial charge >= 0.3 is 6.18 Å². The largest absolute Gasteiger partial charge is 0.405 e. The fraction of sp³-hybridized carbons (Fsp3) is 0.727. The molecule has 0 aliphatic carbocycles. The summed E-state index contributed by atoms with van der Waals surface area (Å²) >= 11 is 0.951. The molecule has 3 N–H and O–H groups in total. The van der Waals surface area contributed by atoms with Gasteiger partial charge in [0.25, 0.3) is 0 Å². The monoisotopic (exact) mass is 325 g/mol. The normalized spacial score (nSPS) is 14.0. The molecule has 0 aliphatic rings. The van der Waals surface area contributed by atoms with E-state index in [1.807, 2.05) is 26.1 Å². The van der Waals surface area contributed by atoms with Gasteiger partial charge in [0.2, 0.25) is 11.1 Å². The highest BCUT2D eigenvalue weighted by Gasteiger charge is 2.30. The second kappa shape index (κ2) is 6.12. The summed E-state index contributed by atoms with van der Waals surface area (Å²) in [7, 11) is 0. The number of alkyl halides is 3. The molecule has 120 valence electrons. The van der Waals surface area contributed by atoms with Gasteiger partial charge in [-0.1, -0.05) is 32.5 Å². The summed E-state index contributed by atoms with van der Waals surface area (Å²) in [6.45, 7) is 5.80. The summed E-state index contributed by atoms with van der Waals surface area (Å²) in [6.07, 6.45) is -4.44. The fourth-order valence-corrected chi connectivity index (χ4v) is 2.21. The van der Waals surface area contributed by atoms with Crippen LogP contribution >= 0.6 is 11.8 Å². The lowest BCUT2D eigenvalue weighted by molar-refractivity contribution is -0.137. The lowest BCUT2D eigenvalue weighted by Gasteiger charge is -2.17. The third-order valence-electron chi connectivity index (χ3n) is 2.45. The average molecular weight is 325 g/mol. The molecule has 0 bridgehead atoms. The van der Waals surface area contributed by atoms with E-state index in [9.17, 15) is 18.0 Å². The maximum Gasteiger partial charge on any atom is 0.405 e. The van der Waals surface area contributed by atoms with Crippen molar-refractivity contribution in [3.8, 4) is 0 Å². The van der Waals surface area contributed by atoms with Gasteiger partial charge < -0.3 is 11.2 Å². The Bertz CT molecular complexity index is 509. The zero-order valence-corrected chi connectivity index (χ0v) is 13.0. The molecule has 0 spiro atoms. The molecule has 0 saturated heterocycles. The SMILES string of the molecule is CC(Sc1nnc(C(C)(C)C)n1N)C(=O)NCC(F)(F)F. The number of nitrogens with two attached hydrogens (primary N) is 1. The quantitative estimate of drug-likeness (QED) is 0.646. The van der Waals surface area contributed by atoms with Crippen molar-refractivity contribution in [1.29, 1.82) is 0 Å². The van der Waals surface area contributed by atoms with Crippen LogP contribution in [0.3, 0.4) is 0 Å². The fourth-order valence-electron chi connectivity index (χ4n) is 1.41. The number of nitrogens with zero attached hydrogens (tertiary/aromatic N) is 3. The van der Waals surface area contributed by atoms with Crippen molar-refractivity contribution in [3.05, 3.63) is 5.82 Å². The minimum Gasteiger partial charge on any atom is -0.346 e. The van der Waals surface area contributed by atoms with Gasteiger partial charge in [0.1, 0.15) is 6.54 Å². The number of amides is 1. The van der Waals surface area contributed by atoms with Crippen LogP contribution in [0.5, 0.6) is 0 Å². The first-order valence-electron chi connectivity index (χ1n) is 6.14. The summed E-state index contributed by atoms with van der Waals surface area (Å²) in [6, 6.07) is 0. The number of carbonyl (C=O) groups is 1. The smallest absolute Gasteiger partial charge is 0.346 e. The van der Waals surface area contributed by atoms with Crippen LogP contribution < -0.4 is 11.2 Å². The molecule has 0 aromatic carbocycles. The predicted molar refractivity (Wildman–Crippen MR) is 73.3 cm³/mol. The Morgan fingerprint density at radius 1 is 1.38 bits per heavy atom. The average Bonchev–Trinajstić information content (AvgIpc) is 2.66. The zero-order chi connectivity index (χ0) is 16.4. The van der Waals surface area contributed by atoms with E-state index in [0.29, 0.717) is 5.82 Å². The second-order valence-electron chi connectivity index (χ2n) is 5.52. The van der Waals surface area contributed by atoms with Crippen molar-refractivity contribution in [2.45, 2.75) is 49.7 Å². The van der Waals surface area contributed by atoms with Crippen LogP contribution in [0.1, 0.15) is 33.5 Å². The number of carbonyl (C=O) groups excluding carboxylic acids is 1. The highest BCUT2D eigenvalue weighted by Crippen LogP contribution is 2.25. The molecule has 1 aromatic rings. The highest BCUT2D eigenvalue weighted by atomic mass is 32.2. The van der Waals surface area contributed by atoms with Crippen molar-refractivity contribution in [2.75, 3.05) is 12.4 Å². The van der Waals surface area contributed by atoms with Gasteiger partial charge in [-0.2, -0.15) is 13.2 Å². The highest BCUT2D eigenvalue weighted by molar-refractivity contribution is 8.00. The lowest BCUT2D eigenvalue weighted by Crippen LogP contribution is -2.38. The number of nitrogen functional groups attached to an aromatic ring is 1. The van der Waals surface area contributed by atoms with Crippen molar-refractivity contribution in [2.24, 2.45) is 0 Å². The first-order chi connectivity index (χ1) is 9.42. The van der Waals surface area contributed by atoms with E-state index < -0.39 is 23.9 Å². The van der Waals surface area contributed by atoms with E-state index >= 15 is 0 Å². The topological polar surface area (TPSA) is 85.8 Å². The molecule has 1 aromatic heterocycles. The van der Waals surface area contributed by atoms with E-state index in [4.69, 9.17) is 5.84 Å². The number of hydrogen-bond acceptors (Lipinski definition) is 5. The molecule has 0 saturated carbocycles. The minimum absolute atomic E-state index is 0.273. The number of hydrogen-bond donors (Lipinski definition) is 2. The second-order valence-corrected chi connectivity index (χ2v) is 6.83. The van der Waals surface area contributed by atoms with Gasteiger partial charge in [0.05, 0.1) is 5.25 Å². The Hall–Kier alpha value is -1.45. The van der Waals surface area contributed by atoms with E-state index in [-0.39, 0.29) is 10.6 Å². The van der Waals surface area contributed by atoms with Crippen molar-refractivity contribution >= 4 is 17.7 Å². The molecule has 1 amide bonds. The zero-order valence-electron chi connectivity index (χ0n) is 12.2. The van der Waals surface area contributed by atoms with Gasteiger partial charge in [-0.3, -0.25) is 4.79 Å². The Labute approximate surface area is 124 Å². The summed E-state index contributed by atoms with van der Waals surface area (Å²) < 4.78 is 37.4. The van der Waals surface area contributed by atoms with Gasteiger partial charge in [-0.15, -0.1) is 10.2 Å². The van der Waals surface area contributed by atoms with E-state index in [0.717, 1.165) is 11.8 Å². The number of thioether (sulfide) groups is 1. The number of nitrogens with one attached hydrogen (secondary N) is 1. The molecular weight excluding hydrogens is 307 g/mol. The minimum atomic E-state index is -4.44. The van der Waals surface area contributed by atoms with Gasteiger partial charge in [-0.05, 0) is 6.92 Å². The molecule has 0 aliphatic heterocycles. The first kappa shape index (κ1) is 17.6. The molecule has 1 rings (SSSR count). The first-order valence-corrected chi connectivity index (χ1v) is 7.02. The van der Waals surface area contributed by atoms with E-state index in [1.165, 1.54) is 11.6 Å². The molecule has 1 unspecified atom stereocenters. The summed E-state index contributed by atoms with van der Waals surface area (Å²) in [5.74, 6) is 5.62. The van der Waals surface area contributed by atoms with Gasteiger partial charge in [0.15, 0.2) is 5.82 Å². The lowest BCUT2D eigenvalue weighted by atomic mass is 9.96. The predicted octanol–water partition coefficient (Wildman–Crippen LogP) is 1.45. The maximum atomic E-state index is 12.0. The molecule has 10 heteroatoms. The summed E-state index contributed by atoms with van der Waals surface area (Å²) in [4.78, 5) is 11.6. The Morgan fingerprint density at radius 3 is 2.38 bits per heavy atom. The van der Waals surface area contributed by atoms with Crippen LogP contribution in [0.25, 0.3) is 0 Å². The van der Waals surface area contributed by atoms with Crippen LogP contribution in [-0.2, 0) is 10.2 Å². The van der Waals surface area contributed by atoms with Crippen LogP contribution in [0.4, 0.5) is 13.2 Å². The van der Waals surface area contributed by atoms with Crippen LogP contribution in [0.15, 0.2) is 5.16 Å². The molecule has 0 radical (unpaired) electrons. The van der Waals surface area contributed by atoms with Crippen molar-refractivity contribution in [3.63, 3.8) is 0 Å². The number of rotatable bonds is 4. The number of halogens is 3. The maximum absolute atomic E-state index is 12.0. The molecule has 1 heterocycles. The molecule has 1 atom stereocenters.